The fourth-order valence-electron chi connectivity index (χ4n) is 4.63. The fourth-order valence-corrected chi connectivity index (χ4v) is 5.58. The highest BCUT2D eigenvalue weighted by molar-refractivity contribution is 7.98. The molecule has 0 heterocycles. The maximum absolute atomic E-state index is 13.3. The van der Waals surface area contributed by atoms with Crippen molar-refractivity contribution >= 4 is 41.6 Å². The van der Waals surface area contributed by atoms with Crippen LogP contribution in [0, 0.1) is 23.5 Å². The van der Waals surface area contributed by atoms with E-state index >= 15 is 0 Å². The van der Waals surface area contributed by atoms with Gasteiger partial charge in [0.05, 0.1) is 0 Å². The minimum absolute atomic E-state index is 0.0204. The van der Waals surface area contributed by atoms with Gasteiger partial charge in [0.15, 0.2) is 5.78 Å². The van der Waals surface area contributed by atoms with Crippen LogP contribution in [0.3, 0.4) is 0 Å². The molecule has 0 aliphatic carbocycles. The van der Waals surface area contributed by atoms with E-state index in [0.717, 1.165) is 66.8 Å². The minimum Gasteiger partial charge on any atom is -0.385 e. The Morgan fingerprint density at radius 2 is 1.65 bits per heavy atom. The first-order valence-corrected chi connectivity index (χ1v) is 17.0. The van der Waals surface area contributed by atoms with Crippen LogP contribution in [0.5, 0.6) is 0 Å². The Morgan fingerprint density at radius 1 is 0.953 bits per heavy atom. The molecule has 3 rings (SSSR count). The van der Waals surface area contributed by atoms with Crippen molar-refractivity contribution < 1.29 is 18.4 Å². The molecule has 1 N–H and O–H groups in total. The number of nitrogens with one attached hydrogen (secondary N) is 1. The number of thiol groups is 1. The van der Waals surface area contributed by atoms with Gasteiger partial charge in [-0.15, -0.1) is 0 Å². The summed E-state index contributed by atoms with van der Waals surface area (Å²) in [4.78, 5) is 23.9. The van der Waals surface area contributed by atoms with Crippen molar-refractivity contribution in [1.29, 1.82) is 0 Å². The van der Waals surface area contributed by atoms with Crippen molar-refractivity contribution in [2.24, 2.45) is 11.8 Å². The SMILES string of the molecule is CCC(S)CC(C)CNc1ccc(CCc2ccc(F)cc2)c(C(C)=O)c1.CSCCC(C)C(=O)Cc1ccccc1F. The number of carbonyl (C=O) groups is 2. The number of hydrogen-bond donors (Lipinski definition) is 2. The molecule has 0 amide bonds. The van der Waals surface area contributed by atoms with Crippen LogP contribution in [-0.2, 0) is 24.1 Å². The number of benzene rings is 3. The summed E-state index contributed by atoms with van der Waals surface area (Å²) in [6, 6.07) is 19.0. The molecule has 3 aromatic carbocycles. The van der Waals surface area contributed by atoms with Crippen molar-refractivity contribution in [2.75, 3.05) is 23.9 Å². The van der Waals surface area contributed by atoms with Crippen LogP contribution in [0.1, 0.15) is 74.0 Å². The third kappa shape index (κ3) is 13.7. The summed E-state index contributed by atoms with van der Waals surface area (Å²) in [5.41, 5.74) is 4.34. The van der Waals surface area contributed by atoms with E-state index < -0.39 is 0 Å². The van der Waals surface area contributed by atoms with Gasteiger partial charge in [-0.3, -0.25) is 9.59 Å². The molecule has 0 spiro atoms. The molecule has 234 valence electrons. The molecular formula is C36H47F2NO2S2. The quantitative estimate of drug-likeness (QED) is 0.123. The molecular weight excluding hydrogens is 581 g/mol. The summed E-state index contributed by atoms with van der Waals surface area (Å²) in [6.07, 6.45) is 6.79. The van der Waals surface area contributed by atoms with E-state index in [-0.39, 0.29) is 35.5 Å². The second-order valence-electron chi connectivity index (χ2n) is 11.3. The summed E-state index contributed by atoms with van der Waals surface area (Å²) < 4.78 is 26.3. The van der Waals surface area contributed by atoms with Crippen molar-refractivity contribution in [2.45, 2.75) is 71.5 Å². The van der Waals surface area contributed by atoms with Gasteiger partial charge in [-0.2, -0.15) is 24.4 Å². The van der Waals surface area contributed by atoms with Gasteiger partial charge in [-0.05, 0) is 104 Å². The zero-order chi connectivity index (χ0) is 31.8. The van der Waals surface area contributed by atoms with Crippen molar-refractivity contribution in [1.82, 2.24) is 0 Å². The van der Waals surface area contributed by atoms with Gasteiger partial charge in [0.1, 0.15) is 17.4 Å². The lowest BCUT2D eigenvalue weighted by Gasteiger charge is -2.17. The van der Waals surface area contributed by atoms with Gasteiger partial charge in [0, 0.05) is 35.4 Å². The molecule has 3 nitrogen and oxygen atoms in total. The Kier molecular flexibility index (Phi) is 16.7. The maximum Gasteiger partial charge on any atom is 0.160 e. The van der Waals surface area contributed by atoms with E-state index in [9.17, 15) is 18.4 Å². The standard InChI is InChI=1S/C23H30FNOS.C13H17FOS/c1-4-22(27)13-16(2)15-25-21-12-9-19(23(14-21)17(3)26)8-5-18-6-10-20(24)11-7-18;1-10(7-8-16-2)13(15)9-11-5-3-4-6-12(11)14/h6-7,9-12,14,16,22,25,27H,4-5,8,13,15H2,1-3H3;3-6,10H,7-9H2,1-2H3. The summed E-state index contributed by atoms with van der Waals surface area (Å²) in [6.45, 7) is 8.76. The lowest BCUT2D eigenvalue weighted by Crippen LogP contribution is -2.15. The molecule has 0 aliphatic rings. The van der Waals surface area contributed by atoms with E-state index in [0.29, 0.717) is 16.7 Å². The Bertz CT molecular complexity index is 1280. The van der Waals surface area contributed by atoms with Gasteiger partial charge in [0.2, 0.25) is 0 Å². The number of aryl methyl sites for hydroxylation is 2. The first-order valence-electron chi connectivity index (χ1n) is 15.1. The fraction of sp³-hybridized carbons (Fsp3) is 0.444. The van der Waals surface area contributed by atoms with Gasteiger partial charge >= 0.3 is 0 Å². The highest BCUT2D eigenvalue weighted by Gasteiger charge is 2.15. The van der Waals surface area contributed by atoms with Crippen molar-refractivity contribution in [3.63, 3.8) is 0 Å². The van der Waals surface area contributed by atoms with Crippen LogP contribution in [0.15, 0.2) is 66.7 Å². The van der Waals surface area contributed by atoms with Gasteiger partial charge in [0.25, 0.3) is 0 Å². The zero-order valence-electron chi connectivity index (χ0n) is 26.2. The van der Waals surface area contributed by atoms with E-state index in [4.69, 9.17) is 0 Å². The average molecular weight is 628 g/mol. The van der Waals surface area contributed by atoms with Crippen LogP contribution in [-0.4, -0.2) is 35.4 Å². The molecule has 3 aromatic rings. The van der Waals surface area contributed by atoms with Gasteiger partial charge < -0.3 is 5.32 Å². The highest BCUT2D eigenvalue weighted by atomic mass is 32.2. The summed E-state index contributed by atoms with van der Waals surface area (Å²) in [5, 5.41) is 3.88. The number of carbonyl (C=O) groups excluding carboxylic acids is 2. The number of thioether (sulfide) groups is 1. The smallest absolute Gasteiger partial charge is 0.160 e. The lowest BCUT2D eigenvalue weighted by atomic mass is 9.97. The molecule has 0 fully saturated rings. The average Bonchev–Trinajstić information content (AvgIpc) is 3.00. The topological polar surface area (TPSA) is 46.2 Å². The Hall–Kier alpha value is -2.64. The van der Waals surface area contributed by atoms with Gasteiger partial charge in [-0.1, -0.05) is 57.2 Å². The molecule has 0 aliphatic heterocycles. The number of anilines is 1. The van der Waals surface area contributed by atoms with E-state index in [1.54, 1.807) is 49.0 Å². The molecule has 3 atom stereocenters. The zero-order valence-corrected chi connectivity index (χ0v) is 27.9. The molecule has 0 bridgehead atoms. The molecule has 0 radical (unpaired) electrons. The third-order valence-corrected chi connectivity index (χ3v) is 8.73. The van der Waals surface area contributed by atoms with E-state index in [2.05, 4.69) is 31.8 Å². The Balaban J connectivity index is 0.000000344. The first kappa shape index (κ1) is 36.6. The maximum atomic E-state index is 13.3. The molecule has 0 saturated heterocycles. The van der Waals surface area contributed by atoms with Crippen molar-refractivity contribution in [3.05, 3.63) is 101 Å². The first-order chi connectivity index (χ1) is 20.5. The number of rotatable bonds is 16. The van der Waals surface area contributed by atoms with E-state index in [1.165, 1.54) is 18.2 Å². The summed E-state index contributed by atoms with van der Waals surface area (Å²) in [7, 11) is 0. The van der Waals surface area contributed by atoms with Crippen LogP contribution >= 0.6 is 24.4 Å². The molecule has 43 heavy (non-hydrogen) atoms. The Morgan fingerprint density at radius 3 is 2.28 bits per heavy atom. The number of hydrogen-bond acceptors (Lipinski definition) is 5. The molecule has 7 heteroatoms. The minimum atomic E-state index is -0.284. The predicted molar refractivity (Wildman–Crippen MR) is 183 cm³/mol. The summed E-state index contributed by atoms with van der Waals surface area (Å²) in [5.74, 6) is 1.20. The normalized spacial score (nSPS) is 12.9. The van der Waals surface area contributed by atoms with Crippen molar-refractivity contribution in [3.8, 4) is 0 Å². The van der Waals surface area contributed by atoms with Crippen LogP contribution in [0.4, 0.5) is 14.5 Å². The predicted octanol–water partition coefficient (Wildman–Crippen LogP) is 9.29. The third-order valence-electron chi connectivity index (χ3n) is 7.51. The monoisotopic (exact) mass is 627 g/mol. The van der Waals surface area contributed by atoms with Crippen LogP contribution < -0.4 is 5.32 Å². The second-order valence-corrected chi connectivity index (χ2v) is 13.0. The summed E-state index contributed by atoms with van der Waals surface area (Å²) >= 11 is 6.30. The van der Waals surface area contributed by atoms with E-state index in [1.807, 2.05) is 31.4 Å². The molecule has 3 unspecified atom stereocenters. The number of halogens is 2. The molecule has 0 saturated carbocycles. The number of ketones is 2. The Labute approximate surface area is 267 Å². The lowest BCUT2D eigenvalue weighted by molar-refractivity contribution is -0.121. The highest BCUT2D eigenvalue weighted by Crippen LogP contribution is 2.21. The van der Waals surface area contributed by atoms with Crippen LogP contribution in [0.2, 0.25) is 0 Å². The van der Waals surface area contributed by atoms with Crippen LogP contribution in [0.25, 0.3) is 0 Å². The second kappa shape index (κ2) is 19.6. The molecule has 0 aromatic heterocycles. The largest absolute Gasteiger partial charge is 0.385 e. The number of Topliss-reactive ketones (excluding diaryl/α,β-unsaturated/α-hetero) is 2. The van der Waals surface area contributed by atoms with Gasteiger partial charge in [-0.25, -0.2) is 8.78 Å².